The first-order valence-electron chi connectivity index (χ1n) is 6.33. The van der Waals surface area contributed by atoms with Gasteiger partial charge in [0.2, 0.25) is 0 Å². The zero-order valence-corrected chi connectivity index (χ0v) is 10.1. The first-order valence-corrected chi connectivity index (χ1v) is 6.33. The second-order valence-electron chi connectivity index (χ2n) is 4.39. The van der Waals surface area contributed by atoms with Crippen molar-refractivity contribution in [1.82, 2.24) is 0 Å². The molecule has 0 bridgehead atoms. The third kappa shape index (κ3) is 5.69. The van der Waals surface area contributed by atoms with E-state index in [0.29, 0.717) is 11.8 Å². The number of carbonyl (C=O) groups is 1. The van der Waals surface area contributed by atoms with Gasteiger partial charge in [0, 0.05) is 0 Å². The SMILES string of the molecule is CCCCCC=CC=CC1CC1C=CC=O. The minimum Gasteiger partial charge on any atom is -0.299 e. The largest absolute Gasteiger partial charge is 0.299 e. The summed E-state index contributed by atoms with van der Waals surface area (Å²) in [5.41, 5.74) is 0. The molecule has 1 aliphatic rings. The average Bonchev–Trinajstić information content (AvgIpc) is 3.04. The van der Waals surface area contributed by atoms with Crippen molar-refractivity contribution in [2.75, 3.05) is 0 Å². The van der Waals surface area contributed by atoms with E-state index in [2.05, 4.69) is 31.2 Å². The zero-order valence-electron chi connectivity index (χ0n) is 10.1. The molecular weight excluding hydrogens is 196 g/mol. The number of carbonyl (C=O) groups excluding carboxylic acids is 1. The van der Waals surface area contributed by atoms with Crippen molar-refractivity contribution >= 4 is 6.29 Å². The van der Waals surface area contributed by atoms with Crippen LogP contribution in [0.2, 0.25) is 0 Å². The Morgan fingerprint density at radius 1 is 1.06 bits per heavy atom. The lowest BCUT2D eigenvalue weighted by Crippen LogP contribution is -1.72. The number of hydrogen-bond acceptors (Lipinski definition) is 1. The Hall–Kier alpha value is -1.11. The molecule has 2 unspecified atom stereocenters. The first-order chi connectivity index (χ1) is 7.88. The molecule has 2 atom stereocenters. The molecule has 0 amide bonds. The summed E-state index contributed by atoms with van der Waals surface area (Å²) in [5.74, 6) is 1.27. The molecule has 0 aromatic heterocycles. The summed E-state index contributed by atoms with van der Waals surface area (Å²) in [6.07, 6.45) is 19.6. The lowest BCUT2D eigenvalue weighted by molar-refractivity contribution is -0.104. The zero-order chi connectivity index (χ0) is 11.6. The van der Waals surface area contributed by atoms with Crippen LogP contribution in [0, 0.1) is 11.8 Å². The minimum atomic E-state index is 0.606. The number of hydrogen-bond donors (Lipinski definition) is 0. The maximum absolute atomic E-state index is 10.1. The van der Waals surface area contributed by atoms with Gasteiger partial charge in [-0.3, -0.25) is 4.79 Å². The molecular formula is C15H22O. The molecule has 0 spiro atoms. The Morgan fingerprint density at radius 2 is 1.81 bits per heavy atom. The molecule has 1 fully saturated rings. The summed E-state index contributed by atoms with van der Waals surface area (Å²) in [7, 11) is 0. The molecule has 88 valence electrons. The van der Waals surface area contributed by atoms with E-state index < -0.39 is 0 Å². The van der Waals surface area contributed by atoms with Crippen molar-refractivity contribution in [3.63, 3.8) is 0 Å². The van der Waals surface area contributed by atoms with Gasteiger partial charge >= 0.3 is 0 Å². The molecule has 0 heterocycles. The van der Waals surface area contributed by atoms with E-state index in [9.17, 15) is 4.79 Å². The minimum absolute atomic E-state index is 0.606. The first kappa shape index (κ1) is 13.0. The van der Waals surface area contributed by atoms with Gasteiger partial charge in [-0.15, -0.1) is 0 Å². The Kier molecular flexibility index (Phi) is 6.55. The van der Waals surface area contributed by atoms with E-state index in [1.165, 1.54) is 32.1 Å². The average molecular weight is 218 g/mol. The predicted molar refractivity (Wildman–Crippen MR) is 69.2 cm³/mol. The van der Waals surface area contributed by atoms with Crippen LogP contribution in [0.5, 0.6) is 0 Å². The maximum atomic E-state index is 10.1. The van der Waals surface area contributed by atoms with Crippen molar-refractivity contribution in [1.29, 1.82) is 0 Å². The Labute approximate surface area is 98.9 Å². The molecule has 1 nitrogen and oxygen atoms in total. The van der Waals surface area contributed by atoms with Crippen LogP contribution in [-0.2, 0) is 4.79 Å². The van der Waals surface area contributed by atoms with E-state index in [0.717, 1.165) is 6.29 Å². The number of rotatable bonds is 8. The molecule has 0 aromatic carbocycles. The van der Waals surface area contributed by atoms with Gasteiger partial charge < -0.3 is 0 Å². The van der Waals surface area contributed by atoms with Crippen molar-refractivity contribution in [2.45, 2.75) is 39.0 Å². The molecule has 1 rings (SSSR count). The lowest BCUT2D eigenvalue weighted by atomic mass is 10.2. The van der Waals surface area contributed by atoms with E-state index >= 15 is 0 Å². The third-order valence-corrected chi connectivity index (χ3v) is 2.91. The fraction of sp³-hybridized carbons (Fsp3) is 0.533. The van der Waals surface area contributed by atoms with Crippen LogP contribution in [0.1, 0.15) is 39.0 Å². The molecule has 1 heteroatoms. The van der Waals surface area contributed by atoms with Crippen LogP contribution in [-0.4, -0.2) is 6.29 Å². The molecule has 0 saturated heterocycles. The van der Waals surface area contributed by atoms with E-state index in [-0.39, 0.29) is 0 Å². The normalized spacial score (nSPS) is 24.8. The van der Waals surface area contributed by atoms with Gasteiger partial charge in [-0.2, -0.15) is 0 Å². The topological polar surface area (TPSA) is 17.1 Å². The lowest BCUT2D eigenvalue weighted by Gasteiger charge is -1.89. The highest BCUT2D eigenvalue weighted by molar-refractivity contribution is 5.64. The van der Waals surface area contributed by atoms with E-state index in [4.69, 9.17) is 0 Å². The van der Waals surface area contributed by atoms with Gasteiger partial charge in [0.1, 0.15) is 6.29 Å². The Bertz CT molecular complexity index is 273. The van der Waals surface area contributed by atoms with Crippen molar-refractivity contribution in [3.05, 3.63) is 36.5 Å². The highest BCUT2D eigenvalue weighted by atomic mass is 16.1. The highest BCUT2D eigenvalue weighted by Crippen LogP contribution is 2.40. The molecule has 16 heavy (non-hydrogen) atoms. The summed E-state index contributed by atoms with van der Waals surface area (Å²) < 4.78 is 0. The van der Waals surface area contributed by atoms with Crippen molar-refractivity contribution in [2.24, 2.45) is 11.8 Å². The second-order valence-corrected chi connectivity index (χ2v) is 4.39. The summed E-state index contributed by atoms with van der Waals surface area (Å²) in [5, 5.41) is 0. The fourth-order valence-electron chi connectivity index (χ4n) is 1.76. The summed E-state index contributed by atoms with van der Waals surface area (Å²) in [6, 6.07) is 0. The Balaban J connectivity index is 2.05. The van der Waals surface area contributed by atoms with Crippen LogP contribution in [0.15, 0.2) is 36.5 Å². The molecule has 1 saturated carbocycles. The third-order valence-electron chi connectivity index (χ3n) is 2.91. The summed E-state index contributed by atoms with van der Waals surface area (Å²) in [6.45, 7) is 2.23. The van der Waals surface area contributed by atoms with Crippen LogP contribution in [0.4, 0.5) is 0 Å². The standard InChI is InChI=1S/C15H22O/c1-2-3-4-5-6-7-8-10-14-13-15(14)11-9-12-16/h6-12,14-15H,2-5,13H2,1H3. The van der Waals surface area contributed by atoms with Crippen molar-refractivity contribution in [3.8, 4) is 0 Å². The van der Waals surface area contributed by atoms with Gasteiger partial charge in [0.05, 0.1) is 0 Å². The number of unbranched alkanes of at least 4 members (excludes halogenated alkanes) is 3. The molecule has 0 radical (unpaired) electrons. The number of allylic oxidation sites excluding steroid dienone is 6. The quantitative estimate of drug-likeness (QED) is 0.260. The van der Waals surface area contributed by atoms with Crippen molar-refractivity contribution < 1.29 is 4.79 Å². The summed E-state index contributed by atoms with van der Waals surface area (Å²) >= 11 is 0. The molecule has 1 aliphatic carbocycles. The number of aldehydes is 1. The van der Waals surface area contributed by atoms with Crippen LogP contribution >= 0.6 is 0 Å². The van der Waals surface area contributed by atoms with E-state index in [1.54, 1.807) is 6.08 Å². The van der Waals surface area contributed by atoms with Gasteiger partial charge in [0.25, 0.3) is 0 Å². The molecule has 0 aliphatic heterocycles. The van der Waals surface area contributed by atoms with Crippen LogP contribution in [0.3, 0.4) is 0 Å². The molecule has 0 N–H and O–H groups in total. The van der Waals surface area contributed by atoms with Gasteiger partial charge in [-0.25, -0.2) is 0 Å². The fourth-order valence-corrected chi connectivity index (χ4v) is 1.76. The van der Waals surface area contributed by atoms with Gasteiger partial charge in [-0.05, 0) is 37.2 Å². The van der Waals surface area contributed by atoms with E-state index in [1.807, 2.05) is 6.08 Å². The monoisotopic (exact) mass is 218 g/mol. The maximum Gasteiger partial charge on any atom is 0.142 e. The Morgan fingerprint density at radius 3 is 2.50 bits per heavy atom. The molecule has 0 aromatic rings. The van der Waals surface area contributed by atoms with Gasteiger partial charge in [0.15, 0.2) is 0 Å². The second kappa shape index (κ2) is 8.09. The predicted octanol–water partition coefficient (Wildman–Crippen LogP) is 4.07. The van der Waals surface area contributed by atoms with Crippen LogP contribution < -0.4 is 0 Å². The smallest absolute Gasteiger partial charge is 0.142 e. The highest BCUT2D eigenvalue weighted by Gasteiger charge is 2.31. The van der Waals surface area contributed by atoms with Crippen LogP contribution in [0.25, 0.3) is 0 Å². The summed E-state index contributed by atoms with van der Waals surface area (Å²) in [4.78, 5) is 10.1. The van der Waals surface area contributed by atoms with Gasteiger partial charge in [-0.1, -0.05) is 50.1 Å².